The van der Waals surface area contributed by atoms with Gasteiger partial charge in [0, 0.05) is 6.42 Å². The van der Waals surface area contributed by atoms with Gasteiger partial charge < -0.3 is 9.53 Å². The van der Waals surface area contributed by atoms with Gasteiger partial charge in [0.1, 0.15) is 12.0 Å². The predicted octanol–water partition coefficient (Wildman–Crippen LogP) is 2.14. The van der Waals surface area contributed by atoms with Crippen molar-refractivity contribution >= 4 is 6.29 Å². The summed E-state index contributed by atoms with van der Waals surface area (Å²) in [5.74, 6) is 0.892. The molecule has 2 heteroatoms. The fourth-order valence-electron chi connectivity index (χ4n) is 1.37. The fourth-order valence-corrected chi connectivity index (χ4v) is 1.37. The van der Waals surface area contributed by atoms with Gasteiger partial charge in [0.05, 0.1) is 7.11 Å². The second kappa shape index (κ2) is 4.65. The van der Waals surface area contributed by atoms with Gasteiger partial charge in [0.2, 0.25) is 0 Å². The number of ether oxygens (including phenoxy) is 1. The van der Waals surface area contributed by atoms with E-state index in [0.717, 1.165) is 24.0 Å². The molecule has 1 aromatic carbocycles. The van der Waals surface area contributed by atoms with Gasteiger partial charge in [0.25, 0.3) is 0 Å². The van der Waals surface area contributed by atoms with Crippen molar-refractivity contribution in [2.24, 2.45) is 0 Å². The van der Waals surface area contributed by atoms with Crippen molar-refractivity contribution < 1.29 is 9.53 Å². The average molecular weight is 178 g/mol. The standard InChI is InChI=1S/C11H14O2/c1-9-10(6-4-8-12)5-3-7-11(9)13-2/h3,5,7-8H,4,6H2,1-2H3. The molecule has 0 spiro atoms. The number of hydrogen-bond acceptors (Lipinski definition) is 2. The second-order valence-electron chi connectivity index (χ2n) is 2.95. The zero-order valence-corrected chi connectivity index (χ0v) is 8.04. The van der Waals surface area contributed by atoms with Crippen LogP contribution in [0, 0.1) is 6.92 Å². The van der Waals surface area contributed by atoms with Crippen LogP contribution in [0.1, 0.15) is 17.5 Å². The van der Waals surface area contributed by atoms with Crippen LogP contribution in [0.2, 0.25) is 0 Å². The monoisotopic (exact) mass is 178 g/mol. The minimum absolute atomic E-state index is 0.577. The molecule has 70 valence electrons. The summed E-state index contributed by atoms with van der Waals surface area (Å²) in [7, 11) is 1.66. The Hall–Kier alpha value is -1.31. The average Bonchev–Trinajstić information content (AvgIpc) is 2.16. The van der Waals surface area contributed by atoms with Crippen LogP contribution in [-0.4, -0.2) is 13.4 Å². The maximum atomic E-state index is 10.2. The van der Waals surface area contributed by atoms with Gasteiger partial charge in [-0.3, -0.25) is 0 Å². The summed E-state index contributed by atoms with van der Waals surface area (Å²) in [6.07, 6.45) is 2.32. The Balaban J connectivity index is 2.87. The van der Waals surface area contributed by atoms with Crippen molar-refractivity contribution in [3.05, 3.63) is 29.3 Å². The molecule has 0 saturated carbocycles. The molecule has 0 unspecified atom stereocenters. The first-order valence-corrected chi connectivity index (χ1v) is 4.35. The van der Waals surface area contributed by atoms with Crippen molar-refractivity contribution in [3.8, 4) is 5.75 Å². The SMILES string of the molecule is COc1cccc(CCC=O)c1C. The second-order valence-corrected chi connectivity index (χ2v) is 2.95. The van der Waals surface area contributed by atoms with E-state index in [-0.39, 0.29) is 0 Å². The van der Waals surface area contributed by atoms with E-state index < -0.39 is 0 Å². The number of benzene rings is 1. The van der Waals surface area contributed by atoms with Gasteiger partial charge in [-0.15, -0.1) is 0 Å². The molecule has 13 heavy (non-hydrogen) atoms. The highest BCUT2D eigenvalue weighted by atomic mass is 16.5. The van der Waals surface area contributed by atoms with Crippen LogP contribution < -0.4 is 4.74 Å². The highest BCUT2D eigenvalue weighted by Gasteiger charge is 2.02. The summed E-state index contributed by atoms with van der Waals surface area (Å²) in [4.78, 5) is 10.2. The van der Waals surface area contributed by atoms with Gasteiger partial charge in [-0.05, 0) is 30.5 Å². The van der Waals surface area contributed by atoms with E-state index in [1.54, 1.807) is 7.11 Å². The number of aldehydes is 1. The van der Waals surface area contributed by atoms with Crippen LogP contribution in [-0.2, 0) is 11.2 Å². The summed E-state index contributed by atoms with van der Waals surface area (Å²) in [6.45, 7) is 2.01. The molecule has 0 aromatic heterocycles. The zero-order valence-electron chi connectivity index (χ0n) is 8.04. The van der Waals surface area contributed by atoms with E-state index in [9.17, 15) is 4.79 Å². The third kappa shape index (κ3) is 2.31. The Kier molecular flexibility index (Phi) is 3.50. The van der Waals surface area contributed by atoms with E-state index >= 15 is 0 Å². The minimum Gasteiger partial charge on any atom is -0.496 e. The van der Waals surface area contributed by atoms with Crippen molar-refractivity contribution in [1.82, 2.24) is 0 Å². The summed E-state index contributed by atoms with van der Waals surface area (Å²) in [6, 6.07) is 5.91. The summed E-state index contributed by atoms with van der Waals surface area (Å²) < 4.78 is 5.18. The van der Waals surface area contributed by atoms with E-state index in [4.69, 9.17) is 4.74 Å². The Morgan fingerprint density at radius 1 is 1.46 bits per heavy atom. The van der Waals surface area contributed by atoms with Crippen molar-refractivity contribution in [2.45, 2.75) is 19.8 Å². The lowest BCUT2D eigenvalue weighted by atomic mass is 10.0. The minimum atomic E-state index is 0.577. The van der Waals surface area contributed by atoms with Crippen LogP contribution in [0.3, 0.4) is 0 Å². The van der Waals surface area contributed by atoms with Crippen LogP contribution >= 0.6 is 0 Å². The molecule has 0 atom stereocenters. The van der Waals surface area contributed by atoms with Crippen LogP contribution in [0.25, 0.3) is 0 Å². The Morgan fingerprint density at radius 3 is 2.85 bits per heavy atom. The van der Waals surface area contributed by atoms with Gasteiger partial charge in [-0.2, -0.15) is 0 Å². The Bertz CT molecular complexity index is 292. The normalized spacial score (nSPS) is 9.69. The van der Waals surface area contributed by atoms with Crippen molar-refractivity contribution in [3.63, 3.8) is 0 Å². The maximum absolute atomic E-state index is 10.2. The largest absolute Gasteiger partial charge is 0.496 e. The van der Waals surface area contributed by atoms with Gasteiger partial charge in [0.15, 0.2) is 0 Å². The molecule has 0 N–H and O–H groups in total. The van der Waals surface area contributed by atoms with Gasteiger partial charge in [-0.1, -0.05) is 12.1 Å². The third-order valence-corrected chi connectivity index (χ3v) is 2.15. The Labute approximate surface area is 78.5 Å². The van der Waals surface area contributed by atoms with Crippen LogP contribution in [0.15, 0.2) is 18.2 Å². The number of carbonyl (C=O) groups is 1. The third-order valence-electron chi connectivity index (χ3n) is 2.15. The van der Waals surface area contributed by atoms with E-state index in [2.05, 4.69) is 0 Å². The molecule has 0 aliphatic heterocycles. The smallest absolute Gasteiger partial charge is 0.122 e. The van der Waals surface area contributed by atoms with E-state index in [0.29, 0.717) is 6.42 Å². The first-order chi connectivity index (χ1) is 6.29. The zero-order chi connectivity index (χ0) is 9.68. The number of hydrogen-bond donors (Lipinski definition) is 0. The van der Waals surface area contributed by atoms with E-state index in [1.807, 2.05) is 25.1 Å². The molecular weight excluding hydrogens is 164 g/mol. The fraction of sp³-hybridized carbons (Fsp3) is 0.364. The lowest BCUT2D eigenvalue weighted by Gasteiger charge is -2.08. The lowest BCUT2D eigenvalue weighted by molar-refractivity contribution is -0.107. The summed E-state index contributed by atoms with van der Waals surface area (Å²) >= 11 is 0. The van der Waals surface area contributed by atoms with Crippen molar-refractivity contribution in [1.29, 1.82) is 0 Å². The molecule has 0 amide bonds. The molecule has 1 rings (SSSR count). The number of aryl methyl sites for hydroxylation is 1. The highest BCUT2D eigenvalue weighted by molar-refractivity contribution is 5.51. The molecule has 0 radical (unpaired) electrons. The first-order valence-electron chi connectivity index (χ1n) is 4.35. The van der Waals surface area contributed by atoms with Gasteiger partial charge in [-0.25, -0.2) is 0 Å². The molecule has 0 bridgehead atoms. The number of methoxy groups -OCH3 is 1. The molecule has 1 aromatic rings. The van der Waals surface area contributed by atoms with Gasteiger partial charge >= 0.3 is 0 Å². The predicted molar refractivity (Wildman–Crippen MR) is 52.1 cm³/mol. The summed E-state index contributed by atoms with van der Waals surface area (Å²) in [5, 5.41) is 0. The summed E-state index contributed by atoms with van der Waals surface area (Å²) in [5.41, 5.74) is 2.32. The molecular formula is C11H14O2. The molecule has 0 aliphatic rings. The first kappa shape index (κ1) is 9.78. The number of rotatable bonds is 4. The molecule has 0 fully saturated rings. The van der Waals surface area contributed by atoms with Crippen LogP contribution in [0.4, 0.5) is 0 Å². The lowest BCUT2D eigenvalue weighted by Crippen LogP contribution is -1.94. The van der Waals surface area contributed by atoms with Crippen LogP contribution in [0.5, 0.6) is 5.75 Å². The Morgan fingerprint density at radius 2 is 2.23 bits per heavy atom. The molecule has 2 nitrogen and oxygen atoms in total. The van der Waals surface area contributed by atoms with E-state index in [1.165, 1.54) is 5.56 Å². The van der Waals surface area contributed by atoms with Crippen molar-refractivity contribution in [2.75, 3.05) is 7.11 Å². The maximum Gasteiger partial charge on any atom is 0.122 e. The number of carbonyl (C=O) groups excluding carboxylic acids is 1. The molecule has 0 saturated heterocycles. The molecule has 0 heterocycles. The molecule has 0 aliphatic carbocycles. The highest BCUT2D eigenvalue weighted by Crippen LogP contribution is 2.21. The topological polar surface area (TPSA) is 26.3 Å². The quantitative estimate of drug-likeness (QED) is 0.660.